The quantitative estimate of drug-likeness (QED) is 0.570. The van der Waals surface area contributed by atoms with E-state index in [-0.39, 0.29) is 6.10 Å². The molecule has 0 spiro atoms. The fraction of sp³-hybridized carbons (Fsp3) is 0.731. The second-order valence-electron chi connectivity index (χ2n) is 10.1. The number of aliphatic hydroxyl groups excluding tert-OH is 1. The fourth-order valence-electron chi connectivity index (χ4n) is 4.99. The molecular formula is C26H43N3O3. The van der Waals surface area contributed by atoms with Gasteiger partial charge >= 0.3 is 0 Å². The van der Waals surface area contributed by atoms with Crippen LogP contribution in [0.3, 0.4) is 0 Å². The zero-order chi connectivity index (χ0) is 22.9. The fourth-order valence-corrected chi connectivity index (χ4v) is 4.99. The molecule has 3 rings (SSSR count). The van der Waals surface area contributed by atoms with Gasteiger partial charge in [0.1, 0.15) is 0 Å². The van der Waals surface area contributed by atoms with Crippen LogP contribution in [0.25, 0.3) is 11.1 Å². The molecule has 0 bridgehead atoms. The van der Waals surface area contributed by atoms with Crippen molar-refractivity contribution in [2.24, 2.45) is 11.8 Å². The highest BCUT2D eigenvalue weighted by atomic mass is 16.5. The van der Waals surface area contributed by atoms with E-state index in [1.165, 1.54) is 18.4 Å². The maximum Gasteiger partial charge on any atom is 0.167 e. The first-order chi connectivity index (χ1) is 15.4. The Morgan fingerprint density at radius 3 is 2.53 bits per heavy atom. The molecule has 6 nitrogen and oxygen atoms in total. The van der Waals surface area contributed by atoms with Crippen molar-refractivity contribution in [3.63, 3.8) is 0 Å². The van der Waals surface area contributed by atoms with Crippen molar-refractivity contribution in [2.75, 3.05) is 40.3 Å². The number of aromatic nitrogens is 1. The van der Waals surface area contributed by atoms with Crippen molar-refractivity contribution < 1.29 is 14.4 Å². The Morgan fingerprint density at radius 1 is 1.12 bits per heavy atom. The largest absolute Gasteiger partial charge is 0.501 e. The molecule has 1 aromatic heterocycles. The summed E-state index contributed by atoms with van der Waals surface area (Å²) >= 11 is 0. The number of hydrogen-bond donors (Lipinski definition) is 2. The molecule has 6 heteroatoms. The zero-order valence-electron chi connectivity index (χ0n) is 20.5. The number of rotatable bonds is 9. The molecule has 0 atom stereocenters. The Balaban J connectivity index is 1.75. The van der Waals surface area contributed by atoms with Gasteiger partial charge in [-0.25, -0.2) is 0 Å². The van der Waals surface area contributed by atoms with Crippen molar-refractivity contribution in [3.05, 3.63) is 28.7 Å². The van der Waals surface area contributed by atoms with Gasteiger partial charge in [-0.2, -0.15) is 0 Å². The first-order valence-corrected chi connectivity index (χ1v) is 12.4. The van der Waals surface area contributed by atoms with Crippen LogP contribution in [0.1, 0.15) is 64.5 Å². The average molecular weight is 446 g/mol. The summed E-state index contributed by atoms with van der Waals surface area (Å²) in [6.07, 6.45) is 12.3. The lowest BCUT2D eigenvalue weighted by Crippen LogP contribution is -2.31. The molecule has 180 valence electrons. The van der Waals surface area contributed by atoms with Gasteiger partial charge in [0.05, 0.1) is 24.7 Å². The summed E-state index contributed by atoms with van der Waals surface area (Å²) in [6.45, 7) is 8.08. The number of nitrogens with zero attached hydrogens (tertiary/aromatic N) is 2. The van der Waals surface area contributed by atoms with Crippen LogP contribution in [0.2, 0.25) is 0 Å². The third-order valence-corrected chi connectivity index (χ3v) is 6.91. The normalized spacial score (nSPS) is 24.8. The molecule has 32 heavy (non-hydrogen) atoms. The maximum absolute atomic E-state index is 9.67. The number of allylic oxidation sites excluding steroid dienone is 1. The van der Waals surface area contributed by atoms with Crippen LogP contribution in [0.5, 0.6) is 0 Å². The number of nitrogens with one attached hydrogen (secondary N) is 1. The molecule has 2 fully saturated rings. The lowest BCUT2D eigenvalue weighted by molar-refractivity contribution is 0.0823. The topological polar surface area (TPSA) is 70.8 Å². The zero-order valence-corrected chi connectivity index (χ0v) is 20.5. The number of aliphatic hydroxyl groups is 1. The molecule has 2 N–H and O–H groups in total. The lowest BCUT2D eigenvalue weighted by atomic mass is 9.88. The Morgan fingerprint density at radius 2 is 1.84 bits per heavy atom. The van der Waals surface area contributed by atoms with E-state index < -0.39 is 0 Å². The Bertz CT molecular complexity index is 844. The van der Waals surface area contributed by atoms with Crippen LogP contribution < -0.4 is 16.0 Å². The number of piperidine rings is 1. The monoisotopic (exact) mass is 445 g/mol. The first-order valence-electron chi connectivity index (χ1n) is 12.4. The second-order valence-corrected chi connectivity index (χ2v) is 10.1. The Kier molecular flexibility index (Phi) is 9.82. The molecule has 0 unspecified atom stereocenters. The van der Waals surface area contributed by atoms with E-state index in [0.29, 0.717) is 5.92 Å². The molecular weight excluding hydrogens is 402 g/mol. The smallest absolute Gasteiger partial charge is 0.167 e. The summed E-state index contributed by atoms with van der Waals surface area (Å²) in [7, 11) is 4.15. The minimum Gasteiger partial charge on any atom is -0.501 e. The van der Waals surface area contributed by atoms with Gasteiger partial charge in [-0.15, -0.1) is 0 Å². The van der Waals surface area contributed by atoms with Gasteiger partial charge in [-0.1, -0.05) is 5.16 Å². The van der Waals surface area contributed by atoms with Gasteiger partial charge in [0.15, 0.2) is 5.42 Å². The van der Waals surface area contributed by atoms with Gasteiger partial charge in [0, 0.05) is 11.8 Å². The van der Waals surface area contributed by atoms with Gasteiger partial charge in [-0.05, 0) is 121 Å². The molecule has 1 saturated heterocycles. The SMILES string of the molecule is C/C(CN(C)C)=c1/onc(CCC2CCNCC2)/c1=C(C)/C=C/OCC1CCC(O)CC1. The predicted molar refractivity (Wildman–Crippen MR) is 129 cm³/mol. The minimum absolute atomic E-state index is 0.116. The predicted octanol–water partition coefficient (Wildman–Crippen LogP) is 2.59. The second kappa shape index (κ2) is 12.6. The van der Waals surface area contributed by atoms with Crippen LogP contribution in [0.4, 0.5) is 0 Å². The van der Waals surface area contributed by atoms with Crippen molar-refractivity contribution in [3.8, 4) is 0 Å². The first kappa shape index (κ1) is 25.0. The van der Waals surface area contributed by atoms with Crippen LogP contribution >= 0.6 is 0 Å². The summed E-state index contributed by atoms with van der Waals surface area (Å²) in [5.74, 6) is 1.31. The van der Waals surface area contributed by atoms with E-state index >= 15 is 0 Å². The molecule has 1 aliphatic carbocycles. The lowest BCUT2D eigenvalue weighted by Gasteiger charge is -2.24. The van der Waals surface area contributed by atoms with E-state index in [9.17, 15) is 5.11 Å². The summed E-state index contributed by atoms with van der Waals surface area (Å²) in [5, 5.41) is 18.8. The molecule has 2 aliphatic rings. The van der Waals surface area contributed by atoms with E-state index in [4.69, 9.17) is 9.26 Å². The Labute approximate surface area is 193 Å². The van der Waals surface area contributed by atoms with Crippen LogP contribution in [0.15, 0.2) is 16.9 Å². The third kappa shape index (κ3) is 7.46. The van der Waals surface area contributed by atoms with Gasteiger partial charge in [-0.3, -0.25) is 0 Å². The summed E-state index contributed by atoms with van der Waals surface area (Å²) in [4.78, 5) is 2.16. The molecule has 1 aromatic rings. The molecule has 1 aliphatic heterocycles. The van der Waals surface area contributed by atoms with Crippen LogP contribution in [-0.4, -0.2) is 61.6 Å². The maximum atomic E-state index is 9.67. The highest BCUT2D eigenvalue weighted by Gasteiger charge is 2.19. The van der Waals surface area contributed by atoms with Crippen molar-refractivity contribution >= 4 is 11.1 Å². The standard InChI is InChI=1S/C26H43N3O3/c1-19(13-16-31-18-22-5-8-23(30)9-6-22)25-24(10-7-21-11-14-27-15-12-21)28-32-26(25)20(2)17-29(3)4/h13,16,21-23,27,30H,5-12,14-15,17-18H2,1-4H3/b16-13+,25-19-,26-20-. The molecule has 1 saturated carbocycles. The van der Waals surface area contributed by atoms with E-state index in [0.717, 1.165) is 92.6 Å². The number of aryl methyl sites for hydroxylation is 1. The van der Waals surface area contributed by atoms with E-state index in [2.05, 4.69) is 49.4 Å². The minimum atomic E-state index is -0.116. The molecule has 0 radical (unpaired) electrons. The van der Waals surface area contributed by atoms with Crippen molar-refractivity contribution in [2.45, 2.75) is 71.3 Å². The van der Waals surface area contributed by atoms with Crippen molar-refractivity contribution in [1.82, 2.24) is 15.4 Å². The summed E-state index contributed by atoms with van der Waals surface area (Å²) in [6, 6.07) is 0. The Hall–Kier alpha value is -1.63. The average Bonchev–Trinajstić information content (AvgIpc) is 3.21. The van der Waals surface area contributed by atoms with Crippen molar-refractivity contribution in [1.29, 1.82) is 0 Å². The molecule has 0 aromatic carbocycles. The highest BCUT2D eigenvalue weighted by Crippen LogP contribution is 2.24. The van der Waals surface area contributed by atoms with Gasteiger partial charge in [0.25, 0.3) is 0 Å². The van der Waals surface area contributed by atoms with Crippen LogP contribution in [0, 0.1) is 11.8 Å². The summed E-state index contributed by atoms with van der Waals surface area (Å²) in [5.41, 5.74) is 4.31. The highest BCUT2D eigenvalue weighted by molar-refractivity contribution is 5.56. The number of ether oxygens (including phenoxy) is 1. The van der Waals surface area contributed by atoms with Gasteiger partial charge in [0.2, 0.25) is 0 Å². The molecule has 0 amide bonds. The third-order valence-electron chi connectivity index (χ3n) is 6.91. The van der Waals surface area contributed by atoms with Crippen LogP contribution in [-0.2, 0) is 11.2 Å². The summed E-state index contributed by atoms with van der Waals surface area (Å²) < 4.78 is 11.8. The van der Waals surface area contributed by atoms with Gasteiger partial charge < -0.3 is 24.6 Å². The van der Waals surface area contributed by atoms with E-state index in [1.807, 2.05) is 6.26 Å². The number of hydrogen-bond acceptors (Lipinski definition) is 6. The van der Waals surface area contributed by atoms with E-state index in [1.54, 1.807) is 0 Å². The molecule has 2 heterocycles.